The number of carbonyl (C=O) groups is 2. The van der Waals surface area contributed by atoms with Crippen molar-refractivity contribution < 1.29 is 9.59 Å². The first-order valence-corrected chi connectivity index (χ1v) is 7.47. The normalized spacial score (nSPS) is 12.6. The van der Waals surface area contributed by atoms with Gasteiger partial charge in [0.25, 0.3) is 5.91 Å². The Bertz CT molecular complexity index is 533. The maximum atomic E-state index is 11.9. The van der Waals surface area contributed by atoms with E-state index in [1.54, 1.807) is 25.1 Å². The minimum atomic E-state index is -0.533. The van der Waals surface area contributed by atoms with Crippen molar-refractivity contribution in [3.8, 4) is 0 Å². The summed E-state index contributed by atoms with van der Waals surface area (Å²) in [6, 6.07) is 6.92. The number of benzene rings is 1. The second-order valence-electron chi connectivity index (χ2n) is 6.78. The fourth-order valence-corrected chi connectivity index (χ4v) is 1.95. The molecule has 0 unspecified atom stereocenters. The van der Waals surface area contributed by atoms with E-state index >= 15 is 0 Å². The summed E-state index contributed by atoms with van der Waals surface area (Å²) in [5.74, 6) is -0.173. The third kappa shape index (κ3) is 5.15. The number of rotatable bonds is 5. The highest BCUT2D eigenvalue weighted by Gasteiger charge is 2.26. The van der Waals surface area contributed by atoms with Crippen LogP contribution in [0.25, 0.3) is 0 Å². The minimum Gasteiger partial charge on any atom is -0.354 e. The lowest BCUT2D eigenvalue weighted by Crippen LogP contribution is -2.48. The van der Waals surface area contributed by atoms with Crippen molar-refractivity contribution in [3.05, 3.63) is 35.4 Å². The molecule has 0 saturated carbocycles. The molecular weight excluding hydrogens is 278 g/mol. The molecule has 1 rings (SSSR count). The molecule has 2 amide bonds. The number of nitrogens with two attached hydrogens (primary N) is 1. The predicted octanol–water partition coefficient (Wildman–Crippen LogP) is 1.42. The molecule has 1 aromatic carbocycles. The van der Waals surface area contributed by atoms with Crippen molar-refractivity contribution in [3.63, 3.8) is 0 Å². The highest BCUT2D eigenvalue weighted by Crippen LogP contribution is 2.17. The number of hydrogen-bond acceptors (Lipinski definition) is 3. The van der Waals surface area contributed by atoms with Crippen molar-refractivity contribution in [1.82, 2.24) is 10.2 Å². The Labute approximate surface area is 132 Å². The maximum Gasteiger partial charge on any atom is 0.253 e. The number of hydrogen-bond donors (Lipinski definition) is 2. The van der Waals surface area contributed by atoms with Crippen LogP contribution in [0.5, 0.6) is 0 Å². The molecule has 1 atom stereocenters. The molecule has 22 heavy (non-hydrogen) atoms. The Hall–Kier alpha value is -1.88. The number of carbonyl (C=O) groups excluding carboxylic acids is 2. The average Bonchev–Trinajstić information content (AvgIpc) is 2.44. The van der Waals surface area contributed by atoms with Crippen LogP contribution in [-0.4, -0.2) is 43.4 Å². The lowest BCUT2D eigenvalue weighted by atomic mass is 9.87. The average molecular weight is 305 g/mol. The molecule has 0 aliphatic carbocycles. The molecule has 0 aliphatic heterocycles. The van der Waals surface area contributed by atoms with Crippen molar-refractivity contribution >= 4 is 11.8 Å². The number of nitrogens with zero attached hydrogens (tertiary/aromatic N) is 1. The summed E-state index contributed by atoms with van der Waals surface area (Å²) in [6.07, 6.45) is 0.664. The van der Waals surface area contributed by atoms with Crippen LogP contribution < -0.4 is 11.1 Å². The summed E-state index contributed by atoms with van der Waals surface area (Å²) in [4.78, 5) is 25.4. The van der Waals surface area contributed by atoms with Gasteiger partial charge in [0.1, 0.15) is 0 Å². The van der Waals surface area contributed by atoms with E-state index in [-0.39, 0.29) is 17.2 Å². The van der Waals surface area contributed by atoms with E-state index in [9.17, 15) is 9.59 Å². The fourth-order valence-electron chi connectivity index (χ4n) is 1.95. The monoisotopic (exact) mass is 305 g/mol. The van der Waals surface area contributed by atoms with Gasteiger partial charge in [-0.2, -0.15) is 0 Å². The van der Waals surface area contributed by atoms with E-state index in [1.165, 1.54) is 0 Å². The van der Waals surface area contributed by atoms with Gasteiger partial charge in [-0.3, -0.25) is 9.59 Å². The largest absolute Gasteiger partial charge is 0.354 e. The first-order chi connectivity index (χ1) is 10.1. The molecule has 0 spiro atoms. The Kier molecular flexibility index (Phi) is 6.11. The van der Waals surface area contributed by atoms with E-state index in [4.69, 9.17) is 5.73 Å². The highest BCUT2D eigenvalue weighted by molar-refractivity contribution is 5.94. The van der Waals surface area contributed by atoms with Gasteiger partial charge < -0.3 is 16.0 Å². The van der Waals surface area contributed by atoms with Crippen LogP contribution in [-0.2, 0) is 11.2 Å². The summed E-state index contributed by atoms with van der Waals surface area (Å²) in [5, 5.41) is 2.85. The van der Waals surface area contributed by atoms with Gasteiger partial charge in [-0.05, 0) is 29.5 Å². The van der Waals surface area contributed by atoms with Gasteiger partial charge in [-0.1, -0.05) is 32.9 Å². The third-order valence-electron chi connectivity index (χ3n) is 3.51. The van der Waals surface area contributed by atoms with E-state index < -0.39 is 6.04 Å². The zero-order valence-electron chi connectivity index (χ0n) is 14.1. The van der Waals surface area contributed by atoms with E-state index in [0.29, 0.717) is 18.5 Å². The summed E-state index contributed by atoms with van der Waals surface area (Å²) in [7, 11) is 3.45. The van der Waals surface area contributed by atoms with Crippen LogP contribution in [0.2, 0.25) is 0 Å². The quantitative estimate of drug-likeness (QED) is 0.864. The van der Waals surface area contributed by atoms with Gasteiger partial charge in [0.2, 0.25) is 5.91 Å². The zero-order chi connectivity index (χ0) is 16.9. The van der Waals surface area contributed by atoms with E-state index in [1.807, 2.05) is 39.0 Å². The minimum absolute atomic E-state index is 0.0272. The van der Waals surface area contributed by atoms with Crippen molar-refractivity contribution in [2.24, 2.45) is 11.1 Å². The second-order valence-corrected chi connectivity index (χ2v) is 6.78. The molecule has 0 fully saturated rings. The molecule has 5 heteroatoms. The number of amides is 2. The smallest absolute Gasteiger partial charge is 0.253 e. The molecular formula is C17H27N3O2. The van der Waals surface area contributed by atoms with E-state index in [2.05, 4.69) is 5.32 Å². The van der Waals surface area contributed by atoms with Crippen LogP contribution in [0, 0.1) is 5.41 Å². The molecule has 0 saturated heterocycles. The first kappa shape index (κ1) is 18.2. The molecule has 0 aromatic heterocycles. The van der Waals surface area contributed by atoms with Crippen LogP contribution in [0.3, 0.4) is 0 Å². The SMILES string of the molecule is CN(C)C(=O)c1cccc(CCNC(=O)[C@@H](N)C(C)(C)C)c1. The van der Waals surface area contributed by atoms with Crippen molar-refractivity contribution in [2.75, 3.05) is 20.6 Å². The molecule has 0 radical (unpaired) electrons. The Morgan fingerprint density at radius 1 is 1.27 bits per heavy atom. The van der Waals surface area contributed by atoms with Crippen LogP contribution in [0.1, 0.15) is 36.7 Å². The van der Waals surface area contributed by atoms with Gasteiger partial charge in [0, 0.05) is 26.2 Å². The van der Waals surface area contributed by atoms with Gasteiger partial charge in [-0.15, -0.1) is 0 Å². The summed E-state index contributed by atoms with van der Waals surface area (Å²) < 4.78 is 0. The number of nitrogens with one attached hydrogen (secondary N) is 1. The summed E-state index contributed by atoms with van der Waals surface area (Å²) in [5.41, 5.74) is 7.31. The van der Waals surface area contributed by atoms with Gasteiger partial charge in [0.15, 0.2) is 0 Å². The van der Waals surface area contributed by atoms with Gasteiger partial charge in [-0.25, -0.2) is 0 Å². The highest BCUT2D eigenvalue weighted by atomic mass is 16.2. The molecule has 122 valence electrons. The van der Waals surface area contributed by atoms with Crippen LogP contribution in [0.15, 0.2) is 24.3 Å². The van der Waals surface area contributed by atoms with Gasteiger partial charge in [0.05, 0.1) is 6.04 Å². The molecule has 3 N–H and O–H groups in total. The third-order valence-corrected chi connectivity index (χ3v) is 3.51. The van der Waals surface area contributed by atoms with E-state index in [0.717, 1.165) is 5.56 Å². The molecule has 0 bridgehead atoms. The van der Waals surface area contributed by atoms with Crippen molar-refractivity contribution in [1.29, 1.82) is 0 Å². The lowest BCUT2D eigenvalue weighted by molar-refractivity contribution is -0.124. The van der Waals surface area contributed by atoms with Crippen LogP contribution >= 0.6 is 0 Å². The molecule has 0 heterocycles. The fraction of sp³-hybridized carbons (Fsp3) is 0.529. The van der Waals surface area contributed by atoms with Gasteiger partial charge >= 0.3 is 0 Å². The Morgan fingerprint density at radius 3 is 2.45 bits per heavy atom. The van der Waals surface area contributed by atoms with Crippen LogP contribution in [0.4, 0.5) is 0 Å². The Balaban J connectivity index is 2.58. The lowest BCUT2D eigenvalue weighted by Gasteiger charge is -2.25. The maximum absolute atomic E-state index is 11.9. The molecule has 5 nitrogen and oxygen atoms in total. The van der Waals surface area contributed by atoms with Crippen molar-refractivity contribution in [2.45, 2.75) is 33.2 Å². The standard InChI is InChI=1S/C17H27N3O2/c1-17(2,3)14(18)15(21)19-10-9-12-7-6-8-13(11-12)16(22)20(4)5/h6-8,11,14H,9-10,18H2,1-5H3,(H,19,21)/t14-/m1/s1. The second kappa shape index (κ2) is 7.40. The topological polar surface area (TPSA) is 75.4 Å². The summed E-state index contributed by atoms with van der Waals surface area (Å²) in [6.45, 7) is 6.32. The predicted molar refractivity (Wildman–Crippen MR) is 88.6 cm³/mol. The Morgan fingerprint density at radius 2 is 1.91 bits per heavy atom. The first-order valence-electron chi connectivity index (χ1n) is 7.47. The zero-order valence-corrected chi connectivity index (χ0v) is 14.1. The molecule has 0 aliphatic rings. The molecule has 1 aromatic rings. The summed E-state index contributed by atoms with van der Waals surface area (Å²) >= 11 is 0.